The summed E-state index contributed by atoms with van der Waals surface area (Å²) in [4.78, 5) is -0.850. The molecule has 2 aromatic carbocycles. The van der Waals surface area contributed by atoms with E-state index in [0.29, 0.717) is 5.39 Å². The monoisotopic (exact) mass is 351 g/mol. The molecule has 0 spiro atoms. The van der Waals surface area contributed by atoms with Gasteiger partial charge in [-0.2, -0.15) is 16.8 Å². The van der Waals surface area contributed by atoms with Crippen LogP contribution in [-0.4, -0.2) is 85.1 Å². The molecule has 7 nitrogen and oxygen atoms in total. The van der Waals surface area contributed by atoms with Crippen LogP contribution in [0.25, 0.3) is 10.8 Å². The van der Waals surface area contributed by atoms with Gasteiger partial charge in [-0.1, -0.05) is 6.07 Å². The first kappa shape index (κ1) is 21.3. The number of hydrogen-bond acceptors (Lipinski definition) is 5. The Labute approximate surface area is 166 Å². The van der Waals surface area contributed by atoms with Crippen molar-refractivity contribution in [3.05, 3.63) is 30.3 Å². The molecule has 0 amide bonds. The second-order valence-electron chi connectivity index (χ2n) is 3.85. The van der Waals surface area contributed by atoms with Gasteiger partial charge in [-0.05, 0) is 29.7 Å². The molecule has 106 valence electrons. The minimum absolute atomic E-state index is 0. The van der Waals surface area contributed by atoms with Crippen molar-refractivity contribution in [3.8, 4) is 0 Å². The van der Waals surface area contributed by atoms with Gasteiger partial charge in [0.15, 0.2) is 0 Å². The molecule has 0 saturated heterocycles. The average molecular weight is 351 g/mol. The molecule has 0 bridgehead atoms. The molecule has 0 aliphatic rings. The van der Waals surface area contributed by atoms with Crippen molar-refractivity contribution >= 4 is 95.8 Å². The van der Waals surface area contributed by atoms with Crippen LogP contribution >= 0.6 is 0 Å². The summed E-state index contributed by atoms with van der Waals surface area (Å²) in [6, 6.07) is 5.67. The molecule has 0 aliphatic heterocycles. The van der Waals surface area contributed by atoms with Crippen molar-refractivity contribution in [2.45, 2.75) is 9.79 Å². The van der Waals surface area contributed by atoms with Gasteiger partial charge in [0.2, 0.25) is 0 Å². The molecule has 0 aliphatic carbocycles. The zero-order valence-electron chi connectivity index (χ0n) is 9.31. The van der Waals surface area contributed by atoms with E-state index in [1.165, 1.54) is 6.07 Å². The molecule has 2 rings (SSSR count). The van der Waals surface area contributed by atoms with Crippen molar-refractivity contribution in [1.29, 1.82) is 0 Å². The van der Waals surface area contributed by atoms with Crippen LogP contribution < -0.4 is 5.73 Å². The Morgan fingerprint density at radius 1 is 0.810 bits per heavy atom. The SMILES string of the molecule is Nc1cc(S(=O)(=O)O)cc2cc(S(=O)(=O)O)ccc12.[NaH].[NaH]. The molecule has 4 N–H and O–H groups in total. The summed E-state index contributed by atoms with van der Waals surface area (Å²) in [5.74, 6) is 0. The summed E-state index contributed by atoms with van der Waals surface area (Å²) in [6.45, 7) is 0. The van der Waals surface area contributed by atoms with Crippen LogP contribution in [0.15, 0.2) is 40.1 Å². The molecule has 11 heteroatoms. The Balaban J connectivity index is 0.00000200. The Morgan fingerprint density at radius 3 is 1.76 bits per heavy atom. The van der Waals surface area contributed by atoms with Gasteiger partial charge >= 0.3 is 59.1 Å². The quantitative estimate of drug-likeness (QED) is 0.381. The molecule has 2 aromatic rings. The normalized spacial score (nSPS) is 11.5. The third kappa shape index (κ3) is 4.90. The Bertz CT molecular complexity index is 875. The molecular formula is C10H11NNa2O6S2. The van der Waals surface area contributed by atoms with E-state index in [9.17, 15) is 16.8 Å². The average Bonchev–Trinajstić information content (AvgIpc) is 2.25. The molecule has 0 radical (unpaired) electrons. The van der Waals surface area contributed by atoms with Crippen molar-refractivity contribution < 1.29 is 25.9 Å². The molecule has 0 fully saturated rings. The third-order valence-corrected chi connectivity index (χ3v) is 4.21. The summed E-state index contributed by atoms with van der Waals surface area (Å²) < 4.78 is 62.0. The number of fused-ring (bicyclic) bond motifs is 1. The molecule has 0 saturated carbocycles. The number of hydrogen-bond donors (Lipinski definition) is 3. The summed E-state index contributed by atoms with van der Waals surface area (Å²) in [5, 5.41) is 0.572. The first-order chi connectivity index (χ1) is 8.59. The molecular weight excluding hydrogens is 340 g/mol. The van der Waals surface area contributed by atoms with E-state index in [2.05, 4.69) is 0 Å². The molecule has 0 aromatic heterocycles. The van der Waals surface area contributed by atoms with E-state index in [1.54, 1.807) is 0 Å². The van der Waals surface area contributed by atoms with Crippen LogP contribution in [0, 0.1) is 0 Å². The summed E-state index contributed by atoms with van der Waals surface area (Å²) in [5.41, 5.74) is 5.69. The van der Waals surface area contributed by atoms with Gasteiger partial charge in [-0.15, -0.1) is 0 Å². The van der Waals surface area contributed by atoms with Crippen LogP contribution in [0.4, 0.5) is 5.69 Å². The Hall–Kier alpha value is 0.320. The van der Waals surface area contributed by atoms with Gasteiger partial charge in [0.25, 0.3) is 20.2 Å². The van der Waals surface area contributed by atoms with E-state index >= 15 is 0 Å². The van der Waals surface area contributed by atoms with Crippen molar-refractivity contribution in [2.24, 2.45) is 0 Å². The van der Waals surface area contributed by atoms with Crippen molar-refractivity contribution in [3.63, 3.8) is 0 Å². The minimum atomic E-state index is -4.46. The van der Waals surface area contributed by atoms with Crippen molar-refractivity contribution in [1.82, 2.24) is 0 Å². The van der Waals surface area contributed by atoms with E-state index in [4.69, 9.17) is 14.8 Å². The zero-order chi connectivity index (χ0) is 14.4. The second kappa shape index (κ2) is 7.26. The van der Waals surface area contributed by atoms with Gasteiger partial charge in [0.1, 0.15) is 0 Å². The van der Waals surface area contributed by atoms with Gasteiger partial charge in [0, 0.05) is 11.1 Å². The van der Waals surface area contributed by atoms with Crippen LogP contribution in [-0.2, 0) is 20.2 Å². The molecule has 0 atom stereocenters. The van der Waals surface area contributed by atoms with Gasteiger partial charge in [-0.3, -0.25) is 9.11 Å². The molecule has 0 heterocycles. The summed E-state index contributed by atoms with van der Waals surface area (Å²) in [6.07, 6.45) is 0. The van der Waals surface area contributed by atoms with Crippen LogP contribution in [0.2, 0.25) is 0 Å². The first-order valence-electron chi connectivity index (χ1n) is 4.87. The molecule has 21 heavy (non-hydrogen) atoms. The molecule has 0 unspecified atom stereocenters. The maximum absolute atomic E-state index is 11.0. The van der Waals surface area contributed by atoms with Gasteiger partial charge < -0.3 is 5.73 Å². The van der Waals surface area contributed by atoms with Crippen LogP contribution in [0.5, 0.6) is 0 Å². The van der Waals surface area contributed by atoms with E-state index in [0.717, 1.165) is 24.3 Å². The topological polar surface area (TPSA) is 135 Å². The summed E-state index contributed by atoms with van der Waals surface area (Å²) >= 11 is 0. The second-order valence-corrected chi connectivity index (χ2v) is 6.69. The number of nitrogens with two attached hydrogens (primary N) is 1. The fraction of sp³-hybridized carbons (Fsp3) is 0. The number of rotatable bonds is 2. The standard InChI is InChI=1S/C10H9NO6S2.2Na.2H/c11-10-5-8(19(15,16)17)4-6-3-7(18(12,13)14)1-2-9(6)10;;;;/h1-5H,11H2,(H,12,13,14)(H,15,16,17);;;;. The predicted molar refractivity (Wildman–Crippen MR) is 82.3 cm³/mol. The van der Waals surface area contributed by atoms with Crippen LogP contribution in [0.3, 0.4) is 0 Å². The van der Waals surface area contributed by atoms with E-state index < -0.39 is 30.0 Å². The Morgan fingerprint density at radius 2 is 1.29 bits per heavy atom. The Kier molecular flexibility index (Phi) is 7.37. The van der Waals surface area contributed by atoms with Crippen molar-refractivity contribution in [2.75, 3.05) is 5.73 Å². The third-order valence-electron chi connectivity index (χ3n) is 2.53. The maximum atomic E-state index is 11.0. The summed E-state index contributed by atoms with van der Waals surface area (Å²) in [7, 11) is -8.87. The van der Waals surface area contributed by atoms with E-state index in [1.807, 2.05) is 0 Å². The predicted octanol–water partition coefficient (Wildman–Crippen LogP) is -0.382. The fourth-order valence-electron chi connectivity index (χ4n) is 1.66. The number of nitrogen functional groups attached to an aromatic ring is 1. The zero-order valence-corrected chi connectivity index (χ0v) is 10.9. The van der Waals surface area contributed by atoms with E-state index in [-0.39, 0.29) is 70.2 Å². The number of anilines is 1. The number of benzene rings is 2. The van der Waals surface area contributed by atoms with Crippen LogP contribution in [0.1, 0.15) is 0 Å². The first-order valence-corrected chi connectivity index (χ1v) is 7.75. The van der Waals surface area contributed by atoms with Gasteiger partial charge in [-0.25, -0.2) is 0 Å². The fourth-order valence-corrected chi connectivity index (χ4v) is 2.73. The van der Waals surface area contributed by atoms with Gasteiger partial charge in [0.05, 0.1) is 9.79 Å².